The Kier molecular flexibility index (Phi) is 5.76. The molecular weight excluding hydrogens is 439 g/mol. The molecule has 6 nitrogen and oxygen atoms in total. The second-order valence-electron chi connectivity index (χ2n) is 6.78. The molecule has 0 spiro atoms. The summed E-state index contributed by atoms with van der Waals surface area (Å²) >= 11 is 12.9. The van der Waals surface area contributed by atoms with Crippen molar-refractivity contribution < 1.29 is 13.9 Å². The van der Waals surface area contributed by atoms with Crippen molar-refractivity contribution in [2.75, 3.05) is 19.5 Å². The van der Waals surface area contributed by atoms with E-state index in [4.69, 9.17) is 37.1 Å². The lowest BCUT2D eigenvalue weighted by Gasteiger charge is -2.14. The monoisotopic (exact) mass is 456 g/mol. The maximum Gasteiger partial charge on any atom is 0.344 e. The molecule has 4 aromatic rings. The molecule has 0 atom stereocenters. The predicted octanol–water partition coefficient (Wildman–Crippen LogP) is 6.23. The van der Waals surface area contributed by atoms with E-state index in [0.717, 1.165) is 11.3 Å². The Labute approximate surface area is 188 Å². The number of ether oxygens (including phenoxy) is 2. The van der Waals surface area contributed by atoms with E-state index in [2.05, 4.69) is 10.3 Å². The Morgan fingerprint density at radius 3 is 2.32 bits per heavy atom. The average Bonchev–Trinajstić information content (AvgIpc) is 2.76. The van der Waals surface area contributed by atoms with Gasteiger partial charge >= 0.3 is 5.63 Å². The van der Waals surface area contributed by atoms with Crippen molar-refractivity contribution in [2.45, 2.75) is 6.92 Å². The molecule has 31 heavy (non-hydrogen) atoms. The van der Waals surface area contributed by atoms with Gasteiger partial charge in [0.1, 0.15) is 22.9 Å². The summed E-state index contributed by atoms with van der Waals surface area (Å²) in [7, 11) is 2.93. The highest BCUT2D eigenvalue weighted by atomic mass is 35.5. The first-order chi connectivity index (χ1) is 14.9. The van der Waals surface area contributed by atoms with Gasteiger partial charge in [0.25, 0.3) is 0 Å². The van der Waals surface area contributed by atoms with Crippen LogP contribution in [-0.2, 0) is 0 Å². The average molecular weight is 457 g/mol. The molecule has 2 aromatic carbocycles. The Morgan fingerprint density at radius 2 is 1.68 bits per heavy atom. The summed E-state index contributed by atoms with van der Waals surface area (Å²) in [6, 6.07) is 12.7. The summed E-state index contributed by atoms with van der Waals surface area (Å²) in [4.78, 5) is 17.3. The number of rotatable bonds is 5. The van der Waals surface area contributed by atoms with Gasteiger partial charge in [-0.2, -0.15) is 0 Å². The second-order valence-corrected chi connectivity index (χ2v) is 7.53. The predicted molar refractivity (Wildman–Crippen MR) is 123 cm³/mol. The third kappa shape index (κ3) is 3.92. The number of para-hydroxylation sites is 1. The number of halogens is 2. The molecule has 8 heteroatoms. The van der Waals surface area contributed by atoms with E-state index < -0.39 is 5.63 Å². The molecule has 0 aliphatic heterocycles. The van der Waals surface area contributed by atoms with Gasteiger partial charge in [-0.15, -0.1) is 0 Å². The molecule has 4 rings (SSSR count). The fraction of sp³-hybridized carbons (Fsp3) is 0.130. The van der Waals surface area contributed by atoms with Crippen LogP contribution in [0.3, 0.4) is 0 Å². The number of hydrogen-bond donors (Lipinski definition) is 1. The highest BCUT2D eigenvalue weighted by Gasteiger charge is 2.22. The number of anilines is 2. The van der Waals surface area contributed by atoms with Crippen LogP contribution in [0.25, 0.3) is 22.1 Å². The van der Waals surface area contributed by atoms with Crippen molar-refractivity contribution in [3.05, 3.63) is 74.7 Å². The number of methoxy groups -OCH3 is 2. The van der Waals surface area contributed by atoms with E-state index in [0.29, 0.717) is 28.3 Å². The molecule has 0 amide bonds. The lowest BCUT2D eigenvalue weighted by molar-refractivity contribution is 0.395. The molecule has 0 unspecified atom stereocenters. The molecule has 0 aliphatic carbocycles. The van der Waals surface area contributed by atoms with Crippen molar-refractivity contribution in [1.29, 1.82) is 0 Å². The normalized spacial score (nSPS) is 10.9. The van der Waals surface area contributed by atoms with E-state index in [-0.39, 0.29) is 21.2 Å². The highest BCUT2D eigenvalue weighted by molar-refractivity contribution is 6.41. The molecule has 0 aliphatic rings. The van der Waals surface area contributed by atoms with Gasteiger partial charge in [-0.1, -0.05) is 41.4 Å². The first-order valence-electron chi connectivity index (χ1n) is 9.29. The number of pyridine rings is 1. The number of nitrogens with one attached hydrogen (secondary N) is 1. The number of aryl methyl sites for hydroxylation is 1. The van der Waals surface area contributed by atoms with E-state index in [1.165, 1.54) is 14.2 Å². The maximum absolute atomic E-state index is 12.9. The summed E-state index contributed by atoms with van der Waals surface area (Å²) in [5.74, 6) is 1.21. The second kappa shape index (κ2) is 8.49. The van der Waals surface area contributed by atoms with Crippen LogP contribution in [0.2, 0.25) is 10.0 Å². The van der Waals surface area contributed by atoms with Crippen molar-refractivity contribution in [2.24, 2.45) is 0 Å². The molecule has 0 saturated heterocycles. The number of benzene rings is 2. The van der Waals surface area contributed by atoms with Gasteiger partial charge in [0.05, 0.1) is 29.8 Å². The summed E-state index contributed by atoms with van der Waals surface area (Å²) in [5, 5.41) is 4.21. The smallest absolute Gasteiger partial charge is 0.344 e. The summed E-state index contributed by atoms with van der Waals surface area (Å²) < 4.78 is 16.2. The fourth-order valence-electron chi connectivity index (χ4n) is 3.23. The first kappa shape index (κ1) is 21.0. The van der Waals surface area contributed by atoms with Gasteiger partial charge in [-0.25, -0.2) is 9.78 Å². The van der Waals surface area contributed by atoms with Crippen LogP contribution in [0.15, 0.2) is 57.9 Å². The van der Waals surface area contributed by atoms with E-state index in [1.807, 2.05) is 31.2 Å². The van der Waals surface area contributed by atoms with Gasteiger partial charge in [-0.3, -0.25) is 0 Å². The Bertz CT molecular complexity index is 1320. The van der Waals surface area contributed by atoms with Crippen LogP contribution in [0.1, 0.15) is 5.56 Å². The minimum atomic E-state index is -0.598. The van der Waals surface area contributed by atoms with E-state index in [1.54, 1.807) is 24.4 Å². The number of fused-ring (bicyclic) bond motifs is 1. The van der Waals surface area contributed by atoms with Crippen molar-refractivity contribution in [1.82, 2.24) is 4.98 Å². The summed E-state index contributed by atoms with van der Waals surface area (Å²) in [6.45, 7) is 1.99. The zero-order chi connectivity index (χ0) is 22.1. The summed E-state index contributed by atoms with van der Waals surface area (Å²) in [5.41, 5.74) is 2.22. The molecule has 2 heterocycles. The molecule has 0 saturated carbocycles. The lowest BCUT2D eigenvalue weighted by atomic mass is 10.1. The van der Waals surface area contributed by atoms with E-state index in [9.17, 15) is 4.79 Å². The van der Waals surface area contributed by atoms with Gasteiger partial charge in [-0.05, 0) is 24.6 Å². The largest absolute Gasteiger partial charge is 0.495 e. The molecule has 0 fully saturated rings. The Hall–Kier alpha value is -3.22. The quantitative estimate of drug-likeness (QED) is 0.383. The zero-order valence-electron chi connectivity index (χ0n) is 17.0. The number of aromatic nitrogens is 1. The van der Waals surface area contributed by atoms with Crippen LogP contribution in [0.4, 0.5) is 11.5 Å². The third-order valence-corrected chi connectivity index (χ3v) is 5.62. The molecule has 2 aromatic heterocycles. The van der Waals surface area contributed by atoms with Crippen molar-refractivity contribution in [3.8, 4) is 22.6 Å². The van der Waals surface area contributed by atoms with Crippen LogP contribution in [-0.4, -0.2) is 19.2 Å². The lowest BCUT2D eigenvalue weighted by Crippen LogP contribution is -2.05. The minimum Gasteiger partial charge on any atom is -0.495 e. The third-order valence-electron chi connectivity index (χ3n) is 4.87. The minimum absolute atomic E-state index is 0.182. The van der Waals surface area contributed by atoms with Crippen molar-refractivity contribution in [3.63, 3.8) is 0 Å². The molecule has 158 valence electrons. The van der Waals surface area contributed by atoms with E-state index >= 15 is 0 Å². The van der Waals surface area contributed by atoms with Gasteiger partial charge in [0, 0.05) is 35.0 Å². The van der Waals surface area contributed by atoms with Crippen molar-refractivity contribution >= 4 is 45.7 Å². The Balaban J connectivity index is 1.83. The molecule has 0 bridgehead atoms. The highest BCUT2D eigenvalue weighted by Crippen LogP contribution is 2.45. The van der Waals surface area contributed by atoms with Crippen LogP contribution < -0.4 is 20.4 Å². The SMILES string of the molecule is COc1cc(OC)c(Cl)c(-c2cc3cnc(Nc4ccccc4C)cc3oc2=O)c1Cl. The van der Waals surface area contributed by atoms with Crippen LogP contribution in [0.5, 0.6) is 11.5 Å². The molecule has 1 N–H and O–H groups in total. The standard InChI is InChI=1S/C23H18Cl2N2O4/c1-12-6-4-5-7-15(12)27-19-10-16-13(11-26-19)8-14(23(28)31-16)20-21(24)17(29-2)9-18(30-3)22(20)25/h4-11H,1-3H3,(H,26,27). The zero-order valence-corrected chi connectivity index (χ0v) is 18.5. The van der Waals surface area contributed by atoms with Gasteiger partial charge < -0.3 is 19.2 Å². The molecule has 0 radical (unpaired) electrons. The number of nitrogens with zero attached hydrogens (tertiary/aromatic N) is 1. The topological polar surface area (TPSA) is 73.6 Å². The van der Waals surface area contributed by atoms with Gasteiger partial charge in [0.15, 0.2) is 0 Å². The summed E-state index contributed by atoms with van der Waals surface area (Å²) in [6.07, 6.45) is 1.61. The Morgan fingerprint density at radius 1 is 1.00 bits per heavy atom. The van der Waals surface area contributed by atoms with Crippen LogP contribution in [0, 0.1) is 6.92 Å². The maximum atomic E-state index is 12.9. The molecular formula is C23H18Cl2N2O4. The van der Waals surface area contributed by atoms with Gasteiger partial charge in [0.2, 0.25) is 0 Å². The van der Waals surface area contributed by atoms with Crippen LogP contribution >= 0.6 is 23.2 Å². The number of hydrogen-bond acceptors (Lipinski definition) is 6. The fourth-order valence-corrected chi connectivity index (χ4v) is 3.93. The first-order valence-corrected chi connectivity index (χ1v) is 10.1.